The molecule has 0 aliphatic carbocycles. The van der Waals surface area contributed by atoms with Crippen molar-refractivity contribution in [2.45, 2.75) is 25.1 Å². The third-order valence-corrected chi connectivity index (χ3v) is 5.03. The summed E-state index contributed by atoms with van der Waals surface area (Å²) in [6, 6.07) is 0. The third kappa shape index (κ3) is 3.69. The molecule has 22 heavy (non-hydrogen) atoms. The zero-order valence-corrected chi connectivity index (χ0v) is 14.0. The Labute approximate surface area is 137 Å². The van der Waals surface area contributed by atoms with Crippen LogP contribution in [0.5, 0.6) is 0 Å². The van der Waals surface area contributed by atoms with Gasteiger partial charge in [-0.2, -0.15) is 11.8 Å². The highest BCUT2D eigenvalue weighted by Gasteiger charge is 2.09. The second-order valence-electron chi connectivity index (χ2n) is 4.89. The van der Waals surface area contributed by atoms with Crippen molar-refractivity contribution in [1.29, 1.82) is 0 Å². The van der Waals surface area contributed by atoms with Gasteiger partial charge in [0.25, 0.3) is 0 Å². The van der Waals surface area contributed by atoms with Crippen LogP contribution >= 0.6 is 23.1 Å². The Bertz CT molecular complexity index is 724. The Morgan fingerprint density at radius 3 is 3.00 bits per heavy atom. The maximum atomic E-state index is 4.59. The molecule has 0 unspecified atom stereocenters. The van der Waals surface area contributed by atoms with E-state index in [1.54, 1.807) is 29.9 Å². The molecular formula is C14H16N6S2. The van der Waals surface area contributed by atoms with E-state index < -0.39 is 0 Å². The molecule has 0 saturated carbocycles. The minimum Gasteiger partial charge on any atom is -0.261 e. The lowest BCUT2D eigenvalue weighted by Gasteiger charge is -2.03. The van der Waals surface area contributed by atoms with Gasteiger partial charge in [0, 0.05) is 35.6 Å². The number of hydrogen-bond acceptors (Lipinski definition) is 7. The van der Waals surface area contributed by atoms with Gasteiger partial charge in [0.15, 0.2) is 0 Å². The first kappa shape index (κ1) is 15.1. The molecule has 6 nitrogen and oxygen atoms in total. The molecule has 3 aromatic heterocycles. The maximum Gasteiger partial charge on any atom is 0.143 e. The van der Waals surface area contributed by atoms with Gasteiger partial charge in [-0.15, -0.1) is 16.4 Å². The van der Waals surface area contributed by atoms with Crippen LogP contribution in [0.1, 0.15) is 18.3 Å². The summed E-state index contributed by atoms with van der Waals surface area (Å²) in [6.45, 7) is 2.81. The van der Waals surface area contributed by atoms with E-state index in [4.69, 9.17) is 0 Å². The van der Waals surface area contributed by atoms with E-state index in [9.17, 15) is 0 Å². The third-order valence-electron chi connectivity index (χ3n) is 3.14. The summed E-state index contributed by atoms with van der Waals surface area (Å²) in [7, 11) is 0. The Morgan fingerprint density at radius 1 is 1.32 bits per heavy atom. The van der Waals surface area contributed by atoms with Crippen LogP contribution in [0, 0.1) is 0 Å². The summed E-state index contributed by atoms with van der Waals surface area (Å²) >= 11 is 3.40. The number of thioether (sulfide) groups is 1. The normalized spacial score (nSPS) is 12.5. The second kappa shape index (κ2) is 6.97. The standard InChI is InChI=1S/C14H16N6S2/c1-10(21-2)5-11-7-20(19-18-11)8-12-9-22-14(17-12)13-6-15-3-4-16-13/h3-4,6-7,9-10H,5,8H2,1-2H3/t10-/m1/s1. The Morgan fingerprint density at radius 2 is 2.23 bits per heavy atom. The highest BCUT2D eigenvalue weighted by atomic mass is 32.2. The van der Waals surface area contributed by atoms with Crippen molar-refractivity contribution in [1.82, 2.24) is 29.9 Å². The molecule has 8 heteroatoms. The Kier molecular flexibility index (Phi) is 4.79. The van der Waals surface area contributed by atoms with E-state index in [2.05, 4.69) is 38.4 Å². The summed E-state index contributed by atoms with van der Waals surface area (Å²) in [5, 5.41) is 11.8. The SMILES string of the molecule is CS[C@H](C)Cc1cn(Cc2csc(-c3cnccn3)n2)nn1. The summed E-state index contributed by atoms with van der Waals surface area (Å²) in [6.07, 6.45) is 10.1. The minimum absolute atomic E-state index is 0.549. The van der Waals surface area contributed by atoms with Gasteiger partial charge in [0.05, 0.1) is 24.1 Å². The van der Waals surface area contributed by atoms with E-state index in [0.29, 0.717) is 11.8 Å². The van der Waals surface area contributed by atoms with Crippen LogP contribution in [0.2, 0.25) is 0 Å². The van der Waals surface area contributed by atoms with Crippen LogP contribution in [0.3, 0.4) is 0 Å². The second-order valence-corrected chi connectivity index (χ2v) is 7.03. The van der Waals surface area contributed by atoms with Crippen molar-refractivity contribution >= 4 is 23.1 Å². The number of hydrogen-bond donors (Lipinski definition) is 0. The van der Waals surface area contributed by atoms with E-state index in [1.807, 2.05) is 28.0 Å². The molecule has 1 atom stereocenters. The molecule has 0 N–H and O–H groups in total. The number of nitrogens with zero attached hydrogens (tertiary/aromatic N) is 6. The monoisotopic (exact) mass is 332 g/mol. The quantitative estimate of drug-likeness (QED) is 0.691. The van der Waals surface area contributed by atoms with Crippen molar-refractivity contribution in [3.05, 3.63) is 41.6 Å². The first-order valence-corrected chi connectivity index (χ1v) is 9.04. The summed E-state index contributed by atoms with van der Waals surface area (Å²) in [4.78, 5) is 12.9. The van der Waals surface area contributed by atoms with Gasteiger partial charge in [0.2, 0.25) is 0 Å². The number of aromatic nitrogens is 6. The Balaban J connectivity index is 1.68. The number of thiazole rings is 1. The van der Waals surface area contributed by atoms with Crippen molar-refractivity contribution < 1.29 is 0 Å². The van der Waals surface area contributed by atoms with Crippen LogP contribution in [0.4, 0.5) is 0 Å². The highest BCUT2D eigenvalue weighted by Crippen LogP contribution is 2.21. The maximum absolute atomic E-state index is 4.59. The lowest BCUT2D eigenvalue weighted by Crippen LogP contribution is -2.01. The molecule has 3 aromatic rings. The van der Waals surface area contributed by atoms with E-state index in [0.717, 1.165) is 28.5 Å². The molecule has 0 aliphatic heterocycles. The van der Waals surface area contributed by atoms with Crippen molar-refractivity contribution in [3.63, 3.8) is 0 Å². The molecule has 0 amide bonds. The fourth-order valence-electron chi connectivity index (χ4n) is 1.96. The Hall–Kier alpha value is -1.80. The topological polar surface area (TPSA) is 69.4 Å². The van der Waals surface area contributed by atoms with Crippen LogP contribution in [0.15, 0.2) is 30.2 Å². The molecule has 0 saturated heterocycles. The van der Waals surface area contributed by atoms with Gasteiger partial charge in [-0.05, 0) is 6.26 Å². The van der Waals surface area contributed by atoms with Gasteiger partial charge < -0.3 is 0 Å². The molecular weight excluding hydrogens is 316 g/mol. The summed E-state index contributed by atoms with van der Waals surface area (Å²) in [5.41, 5.74) is 2.78. The van der Waals surface area contributed by atoms with Crippen LogP contribution in [-0.4, -0.2) is 41.5 Å². The molecule has 3 heterocycles. The van der Waals surface area contributed by atoms with E-state index in [-0.39, 0.29) is 0 Å². The first-order valence-electron chi connectivity index (χ1n) is 6.87. The van der Waals surface area contributed by atoms with Gasteiger partial charge in [-0.25, -0.2) is 9.67 Å². The van der Waals surface area contributed by atoms with Crippen LogP contribution in [-0.2, 0) is 13.0 Å². The zero-order chi connectivity index (χ0) is 15.4. The molecule has 0 radical (unpaired) electrons. The van der Waals surface area contributed by atoms with Crippen molar-refractivity contribution in [2.24, 2.45) is 0 Å². The zero-order valence-electron chi connectivity index (χ0n) is 12.4. The first-order chi connectivity index (χ1) is 10.7. The van der Waals surface area contributed by atoms with Gasteiger partial charge >= 0.3 is 0 Å². The molecule has 0 aliphatic rings. The lowest BCUT2D eigenvalue weighted by atomic mass is 10.3. The molecule has 0 fully saturated rings. The van der Waals surface area contributed by atoms with Gasteiger partial charge in [0.1, 0.15) is 10.7 Å². The van der Waals surface area contributed by atoms with E-state index >= 15 is 0 Å². The molecule has 114 valence electrons. The predicted molar refractivity (Wildman–Crippen MR) is 88.9 cm³/mol. The van der Waals surface area contributed by atoms with Crippen LogP contribution in [0.25, 0.3) is 10.7 Å². The lowest BCUT2D eigenvalue weighted by molar-refractivity contribution is 0.641. The van der Waals surface area contributed by atoms with Gasteiger partial charge in [-0.1, -0.05) is 12.1 Å². The number of rotatable bonds is 6. The van der Waals surface area contributed by atoms with Crippen molar-refractivity contribution in [3.8, 4) is 10.7 Å². The van der Waals surface area contributed by atoms with Crippen molar-refractivity contribution in [2.75, 3.05) is 6.26 Å². The summed E-state index contributed by atoms with van der Waals surface area (Å²) in [5.74, 6) is 0. The predicted octanol–water partition coefficient (Wildman–Crippen LogP) is 2.53. The van der Waals surface area contributed by atoms with Gasteiger partial charge in [-0.3, -0.25) is 9.97 Å². The summed E-state index contributed by atoms with van der Waals surface area (Å²) < 4.78 is 1.83. The fourth-order valence-corrected chi connectivity index (χ4v) is 3.07. The minimum atomic E-state index is 0.549. The average Bonchev–Trinajstić information content (AvgIpc) is 3.18. The van der Waals surface area contributed by atoms with E-state index in [1.165, 1.54) is 0 Å². The highest BCUT2D eigenvalue weighted by molar-refractivity contribution is 7.99. The molecule has 0 aromatic carbocycles. The fraction of sp³-hybridized carbons (Fsp3) is 0.357. The average molecular weight is 332 g/mol. The van der Waals surface area contributed by atoms with Crippen LogP contribution < -0.4 is 0 Å². The molecule has 3 rings (SSSR count). The largest absolute Gasteiger partial charge is 0.261 e. The molecule has 0 bridgehead atoms. The molecule has 0 spiro atoms. The smallest absolute Gasteiger partial charge is 0.143 e.